The van der Waals surface area contributed by atoms with Gasteiger partial charge in [-0.05, 0) is 20.0 Å². The summed E-state index contributed by atoms with van der Waals surface area (Å²) >= 11 is 3.29. The molecule has 1 fully saturated rings. The van der Waals surface area contributed by atoms with Crippen LogP contribution in [0.25, 0.3) is 0 Å². The molecule has 0 aromatic carbocycles. The van der Waals surface area contributed by atoms with E-state index in [4.69, 9.17) is 0 Å². The molecule has 0 bridgehead atoms. The van der Waals surface area contributed by atoms with Gasteiger partial charge in [0, 0.05) is 31.0 Å². The third kappa shape index (κ3) is 3.19. The van der Waals surface area contributed by atoms with Crippen LogP contribution in [0.1, 0.15) is 6.92 Å². The summed E-state index contributed by atoms with van der Waals surface area (Å²) in [6.07, 6.45) is -0.233. The van der Waals surface area contributed by atoms with Crippen molar-refractivity contribution in [2.45, 2.75) is 19.1 Å². The largest absolute Gasteiger partial charge is 0.391 e. The summed E-state index contributed by atoms with van der Waals surface area (Å²) in [7, 11) is 4.26. The molecule has 1 rings (SSSR count). The molecule has 1 aliphatic heterocycles. The smallest absolute Gasteiger partial charge is 0.0763 e. The van der Waals surface area contributed by atoms with Crippen LogP contribution in [0.2, 0.25) is 0 Å². The lowest BCUT2D eigenvalue weighted by Crippen LogP contribution is -2.36. The number of aliphatic hydroxyl groups is 1. The molecule has 1 aliphatic rings. The second-order valence-corrected chi connectivity index (χ2v) is 5.18. The molecule has 4 heteroatoms. The van der Waals surface area contributed by atoms with Crippen LogP contribution in [0.3, 0.4) is 0 Å². The highest BCUT2D eigenvalue weighted by molar-refractivity contribution is 9.09. The quantitative estimate of drug-likeness (QED) is 0.755. The molecule has 0 radical (unpaired) electrons. The van der Waals surface area contributed by atoms with Gasteiger partial charge in [0.05, 0.1) is 6.10 Å². The molecule has 0 aliphatic carbocycles. The molecule has 0 spiro atoms. The third-order valence-corrected chi connectivity index (χ3v) is 3.71. The SMILES string of the molecule is CC1CN(CC(O)CBr)CC1N(C)C. The maximum atomic E-state index is 9.53. The van der Waals surface area contributed by atoms with Gasteiger partial charge >= 0.3 is 0 Å². The van der Waals surface area contributed by atoms with Crippen molar-refractivity contribution >= 4 is 15.9 Å². The monoisotopic (exact) mass is 264 g/mol. The Morgan fingerprint density at radius 3 is 2.57 bits per heavy atom. The Morgan fingerprint density at radius 2 is 2.14 bits per heavy atom. The minimum atomic E-state index is -0.233. The third-order valence-electron chi connectivity index (χ3n) is 2.96. The zero-order chi connectivity index (χ0) is 10.7. The first kappa shape index (κ1) is 12.4. The Morgan fingerprint density at radius 1 is 1.50 bits per heavy atom. The molecule has 0 aromatic rings. The van der Waals surface area contributed by atoms with Crippen molar-refractivity contribution in [3.8, 4) is 0 Å². The van der Waals surface area contributed by atoms with E-state index in [0.717, 1.165) is 19.6 Å². The summed E-state index contributed by atoms with van der Waals surface area (Å²) in [5.41, 5.74) is 0. The van der Waals surface area contributed by atoms with Crippen molar-refractivity contribution in [2.75, 3.05) is 39.1 Å². The standard InChI is InChI=1S/C10H21BrN2O/c1-8-5-13(6-9(14)4-11)7-10(8)12(2)3/h8-10,14H,4-7H2,1-3H3. The lowest BCUT2D eigenvalue weighted by molar-refractivity contribution is 0.140. The van der Waals surface area contributed by atoms with E-state index in [1.165, 1.54) is 0 Å². The van der Waals surface area contributed by atoms with Gasteiger partial charge < -0.3 is 10.0 Å². The van der Waals surface area contributed by atoms with E-state index in [1.807, 2.05) is 0 Å². The van der Waals surface area contributed by atoms with Gasteiger partial charge in [0.1, 0.15) is 0 Å². The van der Waals surface area contributed by atoms with E-state index in [1.54, 1.807) is 0 Å². The van der Waals surface area contributed by atoms with E-state index in [9.17, 15) is 5.11 Å². The van der Waals surface area contributed by atoms with Crippen LogP contribution in [0.4, 0.5) is 0 Å². The normalized spacial score (nSPS) is 31.3. The van der Waals surface area contributed by atoms with Crippen molar-refractivity contribution in [3.05, 3.63) is 0 Å². The molecule has 1 saturated heterocycles. The fourth-order valence-electron chi connectivity index (χ4n) is 2.22. The summed E-state index contributed by atoms with van der Waals surface area (Å²) in [5, 5.41) is 10.2. The van der Waals surface area contributed by atoms with Crippen LogP contribution in [0.15, 0.2) is 0 Å². The van der Waals surface area contributed by atoms with E-state index in [0.29, 0.717) is 17.3 Å². The van der Waals surface area contributed by atoms with Gasteiger partial charge in [-0.3, -0.25) is 4.90 Å². The Balaban J connectivity index is 2.38. The van der Waals surface area contributed by atoms with E-state index in [2.05, 4.69) is 46.7 Å². The Labute approximate surface area is 95.2 Å². The Bertz CT molecular complexity index is 178. The van der Waals surface area contributed by atoms with Crippen molar-refractivity contribution in [1.29, 1.82) is 0 Å². The zero-order valence-corrected chi connectivity index (χ0v) is 10.9. The number of alkyl halides is 1. The number of rotatable bonds is 4. The zero-order valence-electron chi connectivity index (χ0n) is 9.28. The molecule has 0 aromatic heterocycles. The lowest BCUT2D eigenvalue weighted by Gasteiger charge is -2.23. The fourth-order valence-corrected chi connectivity index (χ4v) is 2.42. The molecule has 84 valence electrons. The Kier molecular flexibility index (Phi) is 4.83. The minimum Gasteiger partial charge on any atom is -0.391 e. The van der Waals surface area contributed by atoms with Gasteiger partial charge in [-0.15, -0.1) is 0 Å². The van der Waals surface area contributed by atoms with Crippen LogP contribution in [-0.4, -0.2) is 66.1 Å². The first-order valence-corrected chi connectivity index (χ1v) is 6.29. The van der Waals surface area contributed by atoms with Gasteiger partial charge in [0.25, 0.3) is 0 Å². The topological polar surface area (TPSA) is 26.7 Å². The van der Waals surface area contributed by atoms with Gasteiger partial charge in [0.15, 0.2) is 0 Å². The molecule has 3 unspecified atom stereocenters. The van der Waals surface area contributed by atoms with Gasteiger partial charge in [0.2, 0.25) is 0 Å². The minimum absolute atomic E-state index is 0.233. The van der Waals surface area contributed by atoms with Crippen molar-refractivity contribution in [2.24, 2.45) is 5.92 Å². The summed E-state index contributed by atoms with van der Waals surface area (Å²) in [6, 6.07) is 0.637. The molecule has 0 amide bonds. The van der Waals surface area contributed by atoms with Crippen LogP contribution in [0.5, 0.6) is 0 Å². The first-order chi connectivity index (χ1) is 6.54. The number of nitrogens with zero attached hydrogens (tertiary/aromatic N) is 2. The highest BCUT2D eigenvalue weighted by Gasteiger charge is 2.31. The predicted molar refractivity (Wildman–Crippen MR) is 62.9 cm³/mol. The molecule has 1 N–H and O–H groups in total. The number of halogens is 1. The summed E-state index contributed by atoms with van der Waals surface area (Å²) < 4.78 is 0. The van der Waals surface area contributed by atoms with E-state index >= 15 is 0 Å². The van der Waals surface area contributed by atoms with E-state index in [-0.39, 0.29) is 6.10 Å². The molecular weight excluding hydrogens is 244 g/mol. The number of hydrogen-bond donors (Lipinski definition) is 1. The van der Waals surface area contributed by atoms with Crippen molar-refractivity contribution in [1.82, 2.24) is 9.80 Å². The molecule has 3 nitrogen and oxygen atoms in total. The van der Waals surface area contributed by atoms with Crippen LogP contribution >= 0.6 is 15.9 Å². The highest BCUT2D eigenvalue weighted by atomic mass is 79.9. The number of aliphatic hydroxyl groups excluding tert-OH is 1. The number of β-amino-alcohol motifs (C(OH)–C–C–N with tert-alkyl or cyclic N) is 1. The average Bonchev–Trinajstić information content (AvgIpc) is 2.46. The molecule has 1 heterocycles. The van der Waals surface area contributed by atoms with Crippen molar-refractivity contribution < 1.29 is 5.11 Å². The maximum absolute atomic E-state index is 9.53. The van der Waals surface area contributed by atoms with Crippen LogP contribution in [-0.2, 0) is 0 Å². The number of hydrogen-bond acceptors (Lipinski definition) is 3. The number of likely N-dealkylation sites (tertiary alicyclic amines) is 1. The second-order valence-electron chi connectivity index (χ2n) is 4.53. The molecule has 14 heavy (non-hydrogen) atoms. The highest BCUT2D eigenvalue weighted by Crippen LogP contribution is 2.19. The van der Waals surface area contributed by atoms with Gasteiger partial charge in [-0.25, -0.2) is 0 Å². The van der Waals surface area contributed by atoms with Crippen LogP contribution in [0, 0.1) is 5.92 Å². The second kappa shape index (κ2) is 5.45. The predicted octanol–water partition coefficient (Wildman–Crippen LogP) is 0.624. The summed E-state index contributed by atoms with van der Waals surface area (Å²) in [5.74, 6) is 0.701. The van der Waals surface area contributed by atoms with Gasteiger partial charge in [-0.2, -0.15) is 0 Å². The maximum Gasteiger partial charge on any atom is 0.0763 e. The molecule has 0 saturated carbocycles. The lowest BCUT2D eigenvalue weighted by atomic mass is 10.1. The molecular formula is C10H21BrN2O. The Hall–Kier alpha value is 0.360. The average molecular weight is 265 g/mol. The van der Waals surface area contributed by atoms with Crippen molar-refractivity contribution in [3.63, 3.8) is 0 Å². The first-order valence-electron chi connectivity index (χ1n) is 5.17. The fraction of sp³-hybridized carbons (Fsp3) is 1.00. The van der Waals surface area contributed by atoms with Crippen LogP contribution < -0.4 is 0 Å². The van der Waals surface area contributed by atoms with E-state index < -0.39 is 0 Å². The van der Waals surface area contributed by atoms with Gasteiger partial charge in [-0.1, -0.05) is 22.9 Å². The number of likely N-dealkylation sites (N-methyl/N-ethyl adjacent to an activating group) is 1. The summed E-state index contributed by atoms with van der Waals surface area (Å²) in [4.78, 5) is 4.63. The summed E-state index contributed by atoms with van der Waals surface area (Å²) in [6.45, 7) is 5.26. The molecule has 3 atom stereocenters.